The Kier molecular flexibility index (Phi) is 3.77. The van der Waals surface area contributed by atoms with Gasteiger partial charge in [0.1, 0.15) is 12.4 Å². The van der Waals surface area contributed by atoms with E-state index in [0.29, 0.717) is 6.54 Å². The van der Waals surface area contributed by atoms with Crippen molar-refractivity contribution in [2.45, 2.75) is 20.0 Å². The van der Waals surface area contributed by atoms with Crippen molar-refractivity contribution in [2.24, 2.45) is 0 Å². The summed E-state index contributed by atoms with van der Waals surface area (Å²) in [6.07, 6.45) is 3.75. The van der Waals surface area contributed by atoms with E-state index < -0.39 is 0 Å². The normalized spacial score (nSPS) is 10.8. The summed E-state index contributed by atoms with van der Waals surface area (Å²) in [7, 11) is 0. The van der Waals surface area contributed by atoms with Crippen LogP contribution < -0.4 is 4.57 Å². The number of hydrogen-bond donors (Lipinski definition) is 0. The Hall–Kier alpha value is -2.49. The van der Waals surface area contributed by atoms with Crippen LogP contribution in [-0.2, 0) is 13.1 Å². The Morgan fingerprint density at radius 3 is 2.67 bits per heavy atom. The molecule has 1 aromatic heterocycles. The molecule has 0 unspecified atom stereocenters. The SMILES string of the molecule is Cc1cccc(Cn2c[n+](Cc3ccc(F)cc3)cn2)c1. The van der Waals surface area contributed by atoms with Gasteiger partial charge in [-0.25, -0.2) is 8.96 Å². The van der Waals surface area contributed by atoms with E-state index in [-0.39, 0.29) is 5.82 Å². The maximum absolute atomic E-state index is 12.9. The molecule has 0 aliphatic carbocycles. The monoisotopic (exact) mass is 282 g/mol. The molecule has 1 heterocycles. The number of halogens is 1. The fraction of sp³-hybridized carbons (Fsp3) is 0.176. The molecule has 3 aromatic rings. The molecule has 0 N–H and O–H groups in total. The fourth-order valence-corrected chi connectivity index (χ4v) is 2.32. The van der Waals surface area contributed by atoms with Crippen LogP contribution >= 0.6 is 0 Å². The van der Waals surface area contributed by atoms with E-state index in [4.69, 9.17) is 0 Å². The van der Waals surface area contributed by atoms with Crippen molar-refractivity contribution >= 4 is 0 Å². The minimum Gasteiger partial charge on any atom is -0.233 e. The van der Waals surface area contributed by atoms with E-state index in [9.17, 15) is 4.39 Å². The molecule has 0 saturated carbocycles. The van der Waals surface area contributed by atoms with Crippen LogP contribution in [0, 0.1) is 12.7 Å². The molecular formula is C17H17FN3+. The van der Waals surface area contributed by atoms with Gasteiger partial charge in [-0.2, -0.15) is 0 Å². The van der Waals surface area contributed by atoms with Gasteiger partial charge in [0.15, 0.2) is 0 Å². The molecule has 3 nitrogen and oxygen atoms in total. The highest BCUT2D eigenvalue weighted by atomic mass is 19.1. The van der Waals surface area contributed by atoms with Crippen molar-refractivity contribution in [3.63, 3.8) is 0 Å². The Bertz CT molecular complexity index is 732. The molecule has 0 amide bonds. The molecule has 2 aromatic carbocycles. The van der Waals surface area contributed by atoms with Crippen molar-refractivity contribution in [2.75, 3.05) is 0 Å². The van der Waals surface area contributed by atoms with Gasteiger partial charge in [-0.15, -0.1) is 4.68 Å². The average molecular weight is 282 g/mol. The van der Waals surface area contributed by atoms with Crippen LogP contribution in [0.4, 0.5) is 4.39 Å². The topological polar surface area (TPSA) is 21.7 Å². The molecule has 0 saturated heterocycles. The lowest BCUT2D eigenvalue weighted by Crippen LogP contribution is -2.31. The van der Waals surface area contributed by atoms with Gasteiger partial charge in [0, 0.05) is 5.10 Å². The third-order valence-corrected chi connectivity index (χ3v) is 3.34. The lowest BCUT2D eigenvalue weighted by Gasteiger charge is -1.99. The quantitative estimate of drug-likeness (QED) is 0.674. The minimum atomic E-state index is -0.209. The number of rotatable bonds is 4. The predicted molar refractivity (Wildman–Crippen MR) is 78.2 cm³/mol. The molecule has 0 spiro atoms. The largest absolute Gasteiger partial charge is 0.265 e. The lowest BCUT2D eigenvalue weighted by atomic mass is 10.1. The zero-order chi connectivity index (χ0) is 14.7. The maximum atomic E-state index is 12.9. The standard InChI is InChI=1S/C17H17FN3/c1-14-3-2-4-16(9-14)11-21-13-20(12-19-21)10-15-5-7-17(18)8-6-15/h2-9,12-13H,10-11H2,1H3/q+1. The molecular weight excluding hydrogens is 265 g/mol. The van der Waals surface area contributed by atoms with Crippen molar-refractivity contribution in [3.8, 4) is 0 Å². The molecule has 4 heteroatoms. The van der Waals surface area contributed by atoms with E-state index >= 15 is 0 Å². The molecule has 0 aliphatic rings. The molecule has 0 aliphatic heterocycles. The van der Waals surface area contributed by atoms with Gasteiger partial charge in [-0.3, -0.25) is 0 Å². The fourth-order valence-electron chi connectivity index (χ4n) is 2.32. The molecule has 3 rings (SSSR count). The molecule has 0 fully saturated rings. The van der Waals surface area contributed by atoms with Crippen molar-refractivity contribution < 1.29 is 8.96 Å². The highest BCUT2D eigenvalue weighted by Crippen LogP contribution is 2.05. The average Bonchev–Trinajstić information content (AvgIpc) is 2.89. The van der Waals surface area contributed by atoms with Crippen molar-refractivity contribution in [1.82, 2.24) is 9.78 Å². The number of aryl methyl sites for hydroxylation is 1. The second-order valence-electron chi connectivity index (χ2n) is 5.23. The first-order valence-electron chi connectivity index (χ1n) is 6.90. The van der Waals surface area contributed by atoms with E-state index in [1.807, 2.05) is 15.6 Å². The summed E-state index contributed by atoms with van der Waals surface area (Å²) in [6.45, 7) is 3.52. The molecule has 0 radical (unpaired) electrons. The number of benzene rings is 2. The minimum absolute atomic E-state index is 0.209. The maximum Gasteiger partial charge on any atom is 0.265 e. The Balaban J connectivity index is 1.70. The first-order valence-corrected chi connectivity index (χ1v) is 6.90. The highest BCUT2D eigenvalue weighted by Gasteiger charge is 2.07. The van der Waals surface area contributed by atoms with E-state index in [1.54, 1.807) is 18.5 Å². The molecule has 0 bridgehead atoms. The van der Waals surface area contributed by atoms with E-state index in [2.05, 4.69) is 36.3 Å². The van der Waals surface area contributed by atoms with Gasteiger partial charge in [0.05, 0.1) is 6.54 Å². The zero-order valence-electron chi connectivity index (χ0n) is 11.9. The van der Waals surface area contributed by atoms with Crippen molar-refractivity contribution in [3.05, 3.63) is 83.7 Å². The third kappa shape index (κ3) is 3.54. The third-order valence-electron chi connectivity index (χ3n) is 3.34. The second kappa shape index (κ2) is 5.87. The van der Waals surface area contributed by atoms with Gasteiger partial charge >= 0.3 is 0 Å². The number of aromatic nitrogens is 3. The second-order valence-corrected chi connectivity index (χ2v) is 5.23. The van der Waals surface area contributed by atoms with E-state index in [1.165, 1.54) is 23.3 Å². The summed E-state index contributed by atoms with van der Waals surface area (Å²) in [4.78, 5) is 0. The van der Waals surface area contributed by atoms with Gasteiger partial charge in [-0.05, 0) is 30.2 Å². The number of nitrogens with zero attached hydrogens (tertiary/aromatic N) is 3. The van der Waals surface area contributed by atoms with Crippen LogP contribution in [-0.4, -0.2) is 9.78 Å². The molecule has 0 atom stereocenters. The Morgan fingerprint density at radius 2 is 1.90 bits per heavy atom. The first-order chi connectivity index (χ1) is 10.2. The molecule has 21 heavy (non-hydrogen) atoms. The van der Waals surface area contributed by atoms with Crippen LogP contribution in [0.3, 0.4) is 0 Å². The number of hydrogen-bond acceptors (Lipinski definition) is 1. The highest BCUT2D eigenvalue weighted by molar-refractivity contribution is 5.22. The smallest absolute Gasteiger partial charge is 0.233 e. The van der Waals surface area contributed by atoms with Gasteiger partial charge in [0.25, 0.3) is 6.33 Å². The predicted octanol–water partition coefficient (Wildman–Crippen LogP) is 2.71. The van der Waals surface area contributed by atoms with Crippen LogP contribution in [0.15, 0.2) is 61.2 Å². The summed E-state index contributed by atoms with van der Waals surface area (Å²) in [6, 6.07) is 14.9. The van der Waals surface area contributed by atoms with Crippen LogP contribution in [0.5, 0.6) is 0 Å². The van der Waals surface area contributed by atoms with Gasteiger partial charge in [-0.1, -0.05) is 42.0 Å². The Morgan fingerprint density at radius 1 is 1.10 bits per heavy atom. The summed E-state index contributed by atoms with van der Waals surface area (Å²) in [5.41, 5.74) is 3.53. The summed E-state index contributed by atoms with van der Waals surface area (Å²) in [5, 5.41) is 4.36. The van der Waals surface area contributed by atoms with E-state index in [0.717, 1.165) is 12.1 Å². The molecule has 106 valence electrons. The summed E-state index contributed by atoms with van der Waals surface area (Å²) in [5.74, 6) is -0.209. The van der Waals surface area contributed by atoms with Gasteiger partial charge < -0.3 is 0 Å². The summed E-state index contributed by atoms with van der Waals surface area (Å²) >= 11 is 0. The zero-order valence-corrected chi connectivity index (χ0v) is 11.9. The lowest BCUT2D eigenvalue weighted by molar-refractivity contribution is -0.689. The van der Waals surface area contributed by atoms with Crippen LogP contribution in [0.1, 0.15) is 16.7 Å². The first kappa shape index (κ1) is 13.5. The van der Waals surface area contributed by atoms with Gasteiger partial charge in [0.2, 0.25) is 6.33 Å². The van der Waals surface area contributed by atoms with Crippen molar-refractivity contribution in [1.29, 1.82) is 0 Å². The van der Waals surface area contributed by atoms with Crippen LogP contribution in [0.2, 0.25) is 0 Å². The Labute approximate surface area is 123 Å². The van der Waals surface area contributed by atoms with Crippen LogP contribution in [0.25, 0.3) is 0 Å². The summed E-state index contributed by atoms with van der Waals surface area (Å²) < 4.78 is 16.8.